The average molecular weight is 164 g/mol. The topological polar surface area (TPSA) is 24.4 Å². The van der Waals surface area contributed by atoms with E-state index in [2.05, 4.69) is 16.9 Å². The molecule has 0 radical (unpaired) electrons. The molecule has 2 nitrogen and oxygen atoms in total. The highest BCUT2D eigenvalue weighted by Gasteiger charge is 2.19. The van der Waals surface area contributed by atoms with Crippen LogP contribution >= 0.6 is 0 Å². The van der Waals surface area contributed by atoms with Crippen molar-refractivity contribution in [3.63, 3.8) is 0 Å². The number of rotatable bonds is 3. The molecule has 0 atom stereocenters. The van der Waals surface area contributed by atoms with Crippen molar-refractivity contribution in [2.45, 2.75) is 32.7 Å². The normalized spacial score (nSPS) is 18.3. The van der Waals surface area contributed by atoms with Gasteiger partial charge < -0.3 is 5.32 Å². The third-order valence-electron chi connectivity index (χ3n) is 1.58. The van der Waals surface area contributed by atoms with Crippen molar-refractivity contribution in [3.05, 3.63) is 24.4 Å². The van der Waals surface area contributed by atoms with E-state index in [1.54, 1.807) is 0 Å². The first-order valence-corrected chi connectivity index (χ1v) is 4.31. The molecule has 0 aliphatic heterocycles. The van der Waals surface area contributed by atoms with Crippen LogP contribution in [0.15, 0.2) is 29.4 Å². The second-order valence-electron chi connectivity index (χ2n) is 3.27. The van der Waals surface area contributed by atoms with Crippen molar-refractivity contribution in [3.8, 4) is 0 Å². The van der Waals surface area contributed by atoms with Crippen LogP contribution in [0, 0.1) is 0 Å². The summed E-state index contributed by atoms with van der Waals surface area (Å²) in [6, 6.07) is 0.593. The van der Waals surface area contributed by atoms with E-state index in [1.807, 2.05) is 26.1 Å². The third kappa shape index (κ3) is 3.96. The molecular formula is C10H16N2. The van der Waals surface area contributed by atoms with Gasteiger partial charge in [0.2, 0.25) is 0 Å². The third-order valence-corrected chi connectivity index (χ3v) is 1.58. The Hall–Kier alpha value is -1.05. The number of amidine groups is 1. The maximum Gasteiger partial charge on any atom is 0.0974 e. The molecule has 0 aromatic carbocycles. The fourth-order valence-electron chi connectivity index (χ4n) is 0.819. The number of nitrogens with one attached hydrogen (secondary N) is 1. The quantitative estimate of drug-likeness (QED) is 0.386. The maximum atomic E-state index is 4.41. The van der Waals surface area contributed by atoms with E-state index in [0.717, 1.165) is 11.4 Å². The SMILES string of the molecule is C=C(C)/C=C\NC(C)=NC1CC1. The predicted octanol–water partition coefficient (Wildman–Crippen LogP) is 2.25. The smallest absolute Gasteiger partial charge is 0.0974 e. The lowest BCUT2D eigenvalue weighted by atomic mass is 10.3. The lowest BCUT2D eigenvalue weighted by Gasteiger charge is -1.97. The summed E-state index contributed by atoms with van der Waals surface area (Å²) < 4.78 is 0. The fourth-order valence-corrected chi connectivity index (χ4v) is 0.819. The molecule has 0 heterocycles. The monoisotopic (exact) mass is 164 g/mol. The molecule has 0 amide bonds. The highest BCUT2D eigenvalue weighted by molar-refractivity contribution is 5.80. The highest BCUT2D eigenvalue weighted by atomic mass is 15.0. The van der Waals surface area contributed by atoms with Crippen molar-refractivity contribution in [2.75, 3.05) is 0 Å². The van der Waals surface area contributed by atoms with Gasteiger partial charge in [0.05, 0.1) is 11.9 Å². The molecule has 1 N–H and O–H groups in total. The first-order chi connectivity index (χ1) is 5.68. The molecule has 0 aromatic heterocycles. The van der Waals surface area contributed by atoms with Gasteiger partial charge in [0.25, 0.3) is 0 Å². The van der Waals surface area contributed by atoms with Gasteiger partial charge in [0.1, 0.15) is 0 Å². The zero-order valence-corrected chi connectivity index (χ0v) is 7.80. The van der Waals surface area contributed by atoms with Crippen molar-refractivity contribution >= 4 is 5.84 Å². The number of allylic oxidation sites excluding steroid dienone is 2. The standard InChI is InChI=1S/C10H16N2/c1-8(2)6-7-11-9(3)12-10-4-5-10/h6-7,10H,1,4-5H2,2-3H3,(H,11,12)/b7-6-. The highest BCUT2D eigenvalue weighted by Crippen LogP contribution is 2.23. The van der Waals surface area contributed by atoms with Gasteiger partial charge in [-0.05, 0) is 32.8 Å². The summed E-state index contributed by atoms with van der Waals surface area (Å²) in [6.45, 7) is 7.71. The molecule has 0 aromatic rings. The van der Waals surface area contributed by atoms with Gasteiger partial charge in [-0.25, -0.2) is 0 Å². The molecule has 1 saturated carbocycles. The molecule has 0 saturated heterocycles. The molecule has 2 heteroatoms. The molecule has 0 spiro atoms. The van der Waals surface area contributed by atoms with Crippen molar-refractivity contribution < 1.29 is 0 Å². The van der Waals surface area contributed by atoms with E-state index in [9.17, 15) is 0 Å². The molecule has 1 fully saturated rings. The first-order valence-electron chi connectivity index (χ1n) is 4.31. The molecule has 66 valence electrons. The lowest BCUT2D eigenvalue weighted by molar-refractivity contribution is 1.03. The Morgan fingerprint density at radius 1 is 1.50 bits per heavy atom. The van der Waals surface area contributed by atoms with E-state index in [-0.39, 0.29) is 0 Å². The second-order valence-corrected chi connectivity index (χ2v) is 3.27. The molecule has 0 unspecified atom stereocenters. The summed E-state index contributed by atoms with van der Waals surface area (Å²) >= 11 is 0. The Morgan fingerprint density at radius 2 is 2.17 bits per heavy atom. The Labute approximate surface area is 74.1 Å². The molecule has 1 aliphatic carbocycles. The largest absolute Gasteiger partial charge is 0.351 e. The minimum Gasteiger partial charge on any atom is -0.351 e. The average Bonchev–Trinajstić information content (AvgIpc) is 2.70. The number of hydrogen-bond donors (Lipinski definition) is 1. The Bertz CT molecular complexity index is 222. The zero-order valence-electron chi connectivity index (χ0n) is 7.80. The van der Waals surface area contributed by atoms with Crippen LogP contribution in [0.1, 0.15) is 26.7 Å². The van der Waals surface area contributed by atoms with Crippen LogP contribution in [0.25, 0.3) is 0 Å². The summed E-state index contributed by atoms with van der Waals surface area (Å²) in [6.07, 6.45) is 6.32. The van der Waals surface area contributed by atoms with E-state index in [4.69, 9.17) is 0 Å². The molecule has 0 bridgehead atoms. The molecule has 12 heavy (non-hydrogen) atoms. The Morgan fingerprint density at radius 3 is 2.67 bits per heavy atom. The fraction of sp³-hybridized carbons (Fsp3) is 0.500. The van der Waals surface area contributed by atoms with Crippen molar-refractivity contribution in [2.24, 2.45) is 4.99 Å². The van der Waals surface area contributed by atoms with Gasteiger partial charge in [0.15, 0.2) is 0 Å². The van der Waals surface area contributed by atoms with Gasteiger partial charge in [0, 0.05) is 6.20 Å². The van der Waals surface area contributed by atoms with Crippen LogP contribution < -0.4 is 5.32 Å². The van der Waals surface area contributed by atoms with Crippen molar-refractivity contribution in [1.29, 1.82) is 0 Å². The van der Waals surface area contributed by atoms with Crippen LogP contribution in [0.2, 0.25) is 0 Å². The van der Waals surface area contributed by atoms with E-state index in [1.165, 1.54) is 12.8 Å². The summed E-state index contributed by atoms with van der Waals surface area (Å²) in [4.78, 5) is 4.41. The van der Waals surface area contributed by atoms with Crippen LogP contribution in [0.4, 0.5) is 0 Å². The van der Waals surface area contributed by atoms with Gasteiger partial charge in [-0.15, -0.1) is 0 Å². The Kier molecular flexibility index (Phi) is 3.09. The molecule has 1 aliphatic rings. The van der Waals surface area contributed by atoms with Crippen LogP contribution in [0.3, 0.4) is 0 Å². The van der Waals surface area contributed by atoms with Crippen LogP contribution in [0.5, 0.6) is 0 Å². The van der Waals surface area contributed by atoms with Gasteiger partial charge >= 0.3 is 0 Å². The maximum absolute atomic E-state index is 4.41. The number of aliphatic imine (C=N–C) groups is 1. The molecule has 1 rings (SSSR count). The lowest BCUT2D eigenvalue weighted by Crippen LogP contribution is -2.13. The summed E-state index contributed by atoms with van der Waals surface area (Å²) in [7, 11) is 0. The van der Waals surface area contributed by atoms with Gasteiger partial charge in [-0.2, -0.15) is 0 Å². The zero-order chi connectivity index (χ0) is 8.97. The van der Waals surface area contributed by atoms with Crippen molar-refractivity contribution in [1.82, 2.24) is 5.32 Å². The van der Waals surface area contributed by atoms with Gasteiger partial charge in [-0.1, -0.05) is 12.2 Å². The predicted molar refractivity (Wildman–Crippen MR) is 53.2 cm³/mol. The number of nitrogens with zero attached hydrogens (tertiary/aromatic N) is 1. The van der Waals surface area contributed by atoms with E-state index in [0.29, 0.717) is 6.04 Å². The Balaban J connectivity index is 2.25. The summed E-state index contributed by atoms with van der Waals surface area (Å²) in [5.41, 5.74) is 1.04. The summed E-state index contributed by atoms with van der Waals surface area (Å²) in [5, 5.41) is 3.09. The van der Waals surface area contributed by atoms with E-state index < -0.39 is 0 Å². The summed E-state index contributed by atoms with van der Waals surface area (Å²) in [5.74, 6) is 0.995. The first kappa shape index (κ1) is 9.04. The second kappa shape index (κ2) is 4.10. The van der Waals surface area contributed by atoms with Crippen LogP contribution in [-0.4, -0.2) is 11.9 Å². The minimum absolute atomic E-state index is 0.593. The van der Waals surface area contributed by atoms with Gasteiger partial charge in [-0.3, -0.25) is 4.99 Å². The van der Waals surface area contributed by atoms with Crippen LogP contribution in [-0.2, 0) is 0 Å². The molecular weight excluding hydrogens is 148 g/mol. The van der Waals surface area contributed by atoms with E-state index >= 15 is 0 Å². The minimum atomic E-state index is 0.593. The number of hydrogen-bond acceptors (Lipinski definition) is 1.